The quantitative estimate of drug-likeness (QED) is 0.438. The lowest BCUT2D eigenvalue weighted by Crippen LogP contribution is -2.10. The highest BCUT2D eigenvalue weighted by Crippen LogP contribution is 2.34. The Hall–Kier alpha value is -3.74. The summed E-state index contributed by atoms with van der Waals surface area (Å²) >= 11 is 0. The van der Waals surface area contributed by atoms with Crippen molar-refractivity contribution in [2.75, 3.05) is 0 Å². The topological polar surface area (TPSA) is 128 Å². The Morgan fingerprint density at radius 3 is 2.30 bits per heavy atom. The summed E-state index contributed by atoms with van der Waals surface area (Å²) < 4.78 is 5.07. The number of ketones is 1. The lowest BCUT2D eigenvalue weighted by atomic mass is 9.90. The molecule has 0 bridgehead atoms. The van der Waals surface area contributed by atoms with Crippen LogP contribution in [0.3, 0.4) is 0 Å². The first-order valence-corrected chi connectivity index (χ1v) is 9.53. The number of unbranched alkanes of at least 4 members (excludes halogenated alkanes) is 1. The molecular formula is C23H22O7. The second kappa shape index (κ2) is 8.73. The van der Waals surface area contributed by atoms with E-state index in [1.165, 1.54) is 24.3 Å². The Bertz CT molecular complexity index is 1140. The van der Waals surface area contributed by atoms with Crippen LogP contribution in [0.25, 0.3) is 0 Å². The number of carbonyl (C=O) groups is 1. The molecule has 7 nitrogen and oxygen atoms in total. The van der Waals surface area contributed by atoms with E-state index in [2.05, 4.69) is 0 Å². The number of phenols is 3. The monoisotopic (exact) mass is 410 g/mol. The van der Waals surface area contributed by atoms with Gasteiger partial charge in [-0.2, -0.15) is 0 Å². The highest BCUT2D eigenvalue weighted by molar-refractivity contribution is 6.14. The molecular weight excluding hydrogens is 388 g/mol. The van der Waals surface area contributed by atoms with Crippen molar-refractivity contribution in [2.24, 2.45) is 0 Å². The fraction of sp³-hybridized carbons (Fsp3) is 0.217. The summed E-state index contributed by atoms with van der Waals surface area (Å²) in [5.74, 6) is -1.62. The van der Waals surface area contributed by atoms with Gasteiger partial charge in [0.2, 0.25) is 5.78 Å². The molecule has 0 aliphatic carbocycles. The molecule has 4 N–H and O–H groups in total. The van der Waals surface area contributed by atoms with Crippen molar-refractivity contribution in [3.05, 3.63) is 80.9 Å². The Kier molecular flexibility index (Phi) is 6.11. The Balaban J connectivity index is 2.10. The molecule has 0 aliphatic heterocycles. The van der Waals surface area contributed by atoms with E-state index in [0.717, 1.165) is 25.0 Å². The van der Waals surface area contributed by atoms with Crippen LogP contribution in [-0.2, 0) is 12.8 Å². The standard InChI is InChI=1S/C23H22O7/c1-2-3-5-13-8-15(24)11-19(27)22(13)23(29)21-14(6-4-7-18(21)26)9-17-10-16(25)12-20(28)30-17/h4,6-8,10-12,24-27H,2-3,5,9H2,1H3. The molecule has 0 fully saturated rings. The number of carbonyl (C=O) groups excluding carboxylic acids is 1. The highest BCUT2D eigenvalue weighted by Gasteiger charge is 2.24. The number of aryl methyl sites for hydroxylation is 1. The number of hydrogen-bond donors (Lipinski definition) is 4. The van der Waals surface area contributed by atoms with Gasteiger partial charge in [-0.3, -0.25) is 4.79 Å². The van der Waals surface area contributed by atoms with Gasteiger partial charge >= 0.3 is 5.63 Å². The predicted octanol–water partition coefficient (Wildman–Crippen LogP) is 3.63. The Morgan fingerprint density at radius 2 is 1.60 bits per heavy atom. The molecule has 0 spiro atoms. The largest absolute Gasteiger partial charge is 0.508 e. The van der Waals surface area contributed by atoms with Crippen LogP contribution in [0.2, 0.25) is 0 Å². The molecule has 0 saturated carbocycles. The number of hydrogen-bond acceptors (Lipinski definition) is 7. The molecule has 0 aliphatic rings. The number of benzene rings is 2. The second-order valence-corrected chi connectivity index (χ2v) is 7.02. The minimum absolute atomic E-state index is 0.00126. The molecule has 156 valence electrons. The third kappa shape index (κ3) is 4.46. The van der Waals surface area contributed by atoms with Crippen molar-refractivity contribution in [1.82, 2.24) is 0 Å². The van der Waals surface area contributed by atoms with Crippen molar-refractivity contribution in [3.63, 3.8) is 0 Å². The van der Waals surface area contributed by atoms with E-state index < -0.39 is 11.4 Å². The van der Waals surface area contributed by atoms with Crippen LogP contribution < -0.4 is 5.63 Å². The molecule has 2 aromatic carbocycles. The van der Waals surface area contributed by atoms with Gasteiger partial charge < -0.3 is 24.8 Å². The van der Waals surface area contributed by atoms with Gasteiger partial charge in [0.25, 0.3) is 0 Å². The average Bonchev–Trinajstić information content (AvgIpc) is 2.64. The van der Waals surface area contributed by atoms with Crippen molar-refractivity contribution in [3.8, 4) is 23.0 Å². The summed E-state index contributed by atoms with van der Waals surface area (Å²) in [4.78, 5) is 24.9. The van der Waals surface area contributed by atoms with Gasteiger partial charge in [0, 0.05) is 18.6 Å². The lowest BCUT2D eigenvalue weighted by Gasteiger charge is -2.15. The van der Waals surface area contributed by atoms with Crippen LogP contribution in [-0.4, -0.2) is 26.2 Å². The third-order valence-electron chi connectivity index (χ3n) is 4.74. The lowest BCUT2D eigenvalue weighted by molar-refractivity contribution is 0.103. The molecule has 0 amide bonds. The van der Waals surface area contributed by atoms with E-state index >= 15 is 0 Å². The van der Waals surface area contributed by atoms with Crippen LogP contribution in [0, 0.1) is 0 Å². The fourth-order valence-electron chi connectivity index (χ4n) is 3.41. The van der Waals surface area contributed by atoms with Gasteiger partial charge in [-0.1, -0.05) is 25.5 Å². The van der Waals surface area contributed by atoms with E-state index in [-0.39, 0.29) is 46.3 Å². The molecule has 1 heterocycles. The summed E-state index contributed by atoms with van der Waals surface area (Å²) in [6.07, 6.45) is 2.01. The third-order valence-corrected chi connectivity index (χ3v) is 4.74. The van der Waals surface area contributed by atoms with E-state index in [9.17, 15) is 30.0 Å². The van der Waals surface area contributed by atoms with Crippen LogP contribution in [0.1, 0.15) is 52.6 Å². The summed E-state index contributed by atoms with van der Waals surface area (Å²) in [6.45, 7) is 1.98. The van der Waals surface area contributed by atoms with Crippen LogP contribution in [0.4, 0.5) is 0 Å². The first-order valence-electron chi connectivity index (χ1n) is 9.53. The van der Waals surface area contributed by atoms with Gasteiger partial charge in [0.15, 0.2) is 0 Å². The number of aromatic hydroxyl groups is 4. The van der Waals surface area contributed by atoms with E-state index in [4.69, 9.17) is 4.42 Å². The minimum atomic E-state index is -0.740. The average molecular weight is 410 g/mol. The number of phenolic OH excluding ortho intramolecular Hbond substituents is 3. The summed E-state index contributed by atoms with van der Waals surface area (Å²) in [7, 11) is 0. The predicted molar refractivity (Wildman–Crippen MR) is 109 cm³/mol. The van der Waals surface area contributed by atoms with Crippen molar-refractivity contribution < 1.29 is 29.6 Å². The Labute approximate surface area is 172 Å². The number of rotatable bonds is 7. The van der Waals surface area contributed by atoms with Gasteiger partial charge in [0.1, 0.15) is 28.8 Å². The molecule has 3 rings (SSSR count). The minimum Gasteiger partial charge on any atom is -0.508 e. The summed E-state index contributed by atoms with van der Waals surface area (Å²) in [6, 6.07) is 9.15. The van der Waals surface area contributed by atoms with Gasteiger partial charge in [-0.25, -0.2) is 4.79 Å². The van der Waals surface area contributed by atoms with Gasteiger partial charge in [-0.15, -0.1) is 0 Å². The second-order valence-electron chi connectivity index (χ2n) is 7.02. The maximum Gasteiger partial charge on any atom is 0.339 e. The highest BCUT2D eigenvalue weighted by atomic mass is 16.4. The molecule has 0 radical (unpaired) electrons. The zero-order valence-electron chi connectivity index (χ0n) is 16.4. The zero-order chi connectivity index (χ0) is 21.8. The molecule has 0 atom stereocenters. The molecule has 30 heavy (non-hydrogen) atoms. The van der Waals surface area contributed by atoms with E-state index in [0.29, 0.717) is 17.5 Å². The smallest absolute Gasteiger partial charge is 0.339 e. The van der Waals surface area contributed by atoms with E-state index in [1.807, 2.05) is 6.92 Å². The van der Waals surface area contributed by atoms with Gasteiger partial charge in [0.05, 0.1) is 17.2 Å². The maximum atomic E-state index is 13.4. The first kappa shape index (κ1) is 21.0. The van der Waals surface area contributed by atoms with E-state index in [1.54, 1.807) is 6.07 Å². The van der Waals surface area contributed by atoms with Crippen LogP contribution in [0.5, 0.6) is 23.0 Å². The van der Waals surface area contributed by atoms with Crippen LogP contribution in [0.15, 0.2) is 51.7 Å². The molecule has 0 saturated heterocycles. The first-order chi connectivity index (χ1) is 14.3. The summed E-state index contributed by atoms with van der Waals surface area (Å²) in [5.41, 5.74) is 0.0276. The maximum absolute atomic E-state index is 13.4. The molecule has 1 aromatic heterocycles. The Morgan fingerprint density at radius 1 is 0.900 bits per heavy atom. The van der Waals surface area contributed by atoms with Crippen molar-refractivity contribution in [2.45, 2.75) is 32.6 Å². The zero-order valence-corrected chi connectivity index (χ0v) is 16.4. The van der Waals surface area contributed by atoms with Crippen LogP contribution >= 0.6 is 0 Å². The SMILES string of the molecule is CCCCc1cc(O)cc(O)c1C(=O)c1c(O)cccc1Cc1cc(O)cc(=O)o1. The normalized spacial score (nSPS) is 10.8. The molecule has 7 heteroatoms. The fourth-order valence-corrected chi connectivity index (χ4v) is 3.41. The van der Waals surface area contributed by atoms with Crippen molar-refractivity contribution in [1.29, 1.82) is 0 Å². The van der Waals surface area contributed by atoms with Gasteiger partial charge in [-0.05, 0) is 36.1 Å². The summed E-state index contributed by atoms with van der Waals surface area (Å²) in [5, 5.41) is 40.3. The molecule has 0 unspecified atom stereocenters. The molecule has 3 aromatic rings. The van der Waals surface area contributed by atoms with Crippen molar-refractivity contribution >= 4 is 5.78 Å².